The van der Waals surface area contributed by atoms with E-state index in [1.165, 1.54) is 7.11 Å². The van der Waals surface area contributed by atoms with E-state index in [9.17, 15) is 27.6 Å². The summed E-state index contributed by atoms with van der Waals surface area (Å²) in [4.78, 5) is 59.5. The highest BCUT2D eigenvalue weighted by molar-refractivity contribution is 7.92. The van der Waals surface area contributed by atoms with Gasteiger partial charge in [-0.15, -0.1) is 0 Å². The highest BCUT2D eigenvalue weighted by Gasteiger charge is 2.48. The smallest absolute Gasteiger partial charge is 0.266 e. The maximum absolute atomic E-state index is 14.1. The number of sulfonamides is 1. The standard InChI is InChI=1S/C46H49N9O9S/c1-62-41-33(7-3-8-36(41)65(60,61)50-42-39-35(64-49-42)23-29(25-54-17-4-16-47-54)30-13-22-63-40(30)39)53-26-46(27-53)14-20-51(21-15-46)24-28-11-18-52(19-12-28)32-6-2-5-31-38(32)45(59)55(44(31)58)34-9-10-37(56)48-43(34)57/h2-8,16-17,23,28,34H,9-15,18-22,24-27H2,1H3,(H,49,50)(H,48,56,57). The Morgan fingerprint density at radius 1 is 0.923 bits per heavy atom. The first-order valence-electron chi connectivity index (χ1n) is 22.3. The minimum atomic E-state index is -4.17. The number of anilines is 3. The Morgan fingerprint density at radius 3 is 2.46 bits per heavy atom. The maximum Gasteiger partial charge on any atom is 0.266 e. The lowest BCUT2D eigenvalue weighted by molar-refractivity contribution is -0.136. The first-order chi connectivity index (χ1) is 31.5. The second-order valence-corrected chi connectivity index (χ2v) is 19.8. The number of para-hydroxylation sites is 1. The molecule has 338 valence electrons. The summed E-state index contributed by atoms with van der Waals surface area (Å²) in [7, 11) is -2.68. The quantitative estimate of drug-likeness (QED) is 0.180. The van der Waals surface area contributed by atoms with Gasteiger partial charge >= 0.3 is 0 Å². The van der Waals surface area contributed by atoms with Crippen LogP contribution in [0, 0.1) is 11.3 Å². The zero-order valence-corrected chi connectivity index (χ0v) is 36.8. The molecule has 8 heterocycles. The molecule has 6 aliphatic heterocycles. The normalized spacial score (nSPS) is 21.1. The highest BCUT2D eigenvalue weighted by atomic mass is 32.2. The molecule has 2 N–H and O–H groups in total. The lowest BCUT2D eigenvalue weighted by Crippen LogP contribution is -2.61. The Bertz CT molecular complexity index is 2860. The summed E-state index contributed by atoms with van der Waals surface area (Å²) < 4.78 is 50.3. The molecule has 4 fully saturated rings. The van der Waals surface area contributed by atoms with Crippen molar-refractivity contribution < 1.29 is 41.6 Å². The van der Waals surface area contributed by atoms with E-state index >= 15 is 0 Å². The van der Waals surface area contributed by atoms with Crippen LogP contribution in [0.1, 0.15) is 70.4 Å². The summed E-state index contributed by atoms with van der Waals surface area (Å²) in [5, 5.41) is 11.2. The monoisotopic (exact) mass is 903 g/mol. The number of carbonyl (C=O) groups excluding carboxylic acids is 4. The molecule has 6 aliphatic rings. The van der Waals surface area contributed by atoms with E-state index < -0.39 is 39.7 Å². The predicted molar refractivity (Wildman–Crippen MR) is 237 cm³/mol. The van der Waals surface area contributed by atoms with Crippen LogP contribution >= 0.6 is 0 Å². The van der Waals surface area contributed by atoms with Gasteiger partial charge in [-0.1, -0.05) is 17.3 Å². The topological polar surface area (TPSA) is 202 Å². The summed E-state index contributed by atoms with van der Waals surface area (Å²) in [5.41, 5.74) is 4.59. The number of rotatable bonds is 11. The van der Waals surface area contributed by atoms with Gasteiger partial charge in [0.1, 0.15) is 22.1 Å². The fourth-order valence-electron chi connectivity index (χ4n) is 10.9. The van der Waals surface area contributed by atoms with Crippen LogP contribution in [-0.4, -0.2) is 122 Å². The van der Waals surface area contributed by atoms with Crippen LogP contribution in [0.2, 0.25) is 0 Å². The van der Waals surface area contributed by atoms with Gasteiger partial charge in [-0.25, -0.2) is 8.42 Å². The van der Waals surface area contributed by atoms with Crippen molar-refractivity contribution in [2.45, 2.75) is 62.4 Å². The van der Waals surface area contributed by atoms with Crippen molar-refractivity contribution in [2.75, 3.05) is 74.1 Å². The molecule has 0 radical (unpaired) electrons. The molecule has 65 heavy (non-hydrogen) atoms. The lowest BCUT2D eigenvalue weighted by Gasteiger charge is -2.55. The van der Waals surface area contributed by atoms with Crippen molar-refractivity contribution in [2.24, 2.45) is 11.3 Å². The number of carbonyl (C=O) groups is 4. The Balaban J connectivity index is 0.703. The van der Waals surface area contributed by atoms with E-state index in [-0.39, 0.29) is 34.7 Å². The molecule has 0 bridgehead atoms. The lowest BCUT2D eigenvalue weighted by atomic mass is 9.71. The van der Waals surface area contributed by atoms with Gasteiger partial charge in [0.05, 0.1) is 42.8 Å². The molecular weight excluding hydrogens is 855 g/mol. The minimum Gasteiger partial charge on any atom is -0.493 e. The van der Waals surface area contributed by atoms with E-state index in [1.807, 2.05) is 35.1 Å². The first kappa shape index (κ1) is 41.2. The third-order valence-corrected chi connectivity index (χ3v) is 15.7. The van der Waals surface area contributed by atoms with Gasteiger partial charge in [0.2, 0.25) is 11.8 Å². The van der Waals surface area contributed by atoms with Gasteiger partial charge in [-0.05, 0) is 93.1 Å². The highest BCUT2D eigenvalue weighted by Crippen LogP contribution is 2.48. The molecule has 2 aromatic heterocycles. The summed E-state index contributed by atoms with van der Waals surface area (Å²) in [6.45, 7) is 7.03. The second-order valence-electron chi connectivity index (χ2n) is 18.2. The molecule has 18 nitrogen and oxygen atoms in total. The number of nitrogens with one attached hydrogen (secondary N) is 2. The second kappa shape index (κ2) is 15.9. The number of aromatic nitrogens is 3. The number of imide groups is 2. The predicted octanol–water partition coefficient (Wildman–Crippen LogP) is 4.04. The average Bonchev–Trinajstić information content (AvgIpc) is 4.12. The number of likely N-dealkylation sites (tertiary alicyclic amines) is 1. The van der Waals surface area contributed by atoms with Gasteiger partial charge in [0.25, 0.3) is 21.8 Å². The SMILES string of the molecule is COc1c(N2CC3(CCN(CC4CCN(c5cccc6c5C(=O)N(C5CCC(=O)NC5=O)C6=O)CC4)CC3)C2)cccc1S(=O)(=O)Nc1noc2cc(Cn3cccn3)c3c(c12)OCC3. The molecule has 4 amide bonds. The number of benzene rings is 3. The molecule has 19 heteroatoms. The maximum atomic E-state index is 14.1. The molecule has 0 aliphatic carbocycles. The number of fused-ring (bicyclic) bond motifs is 4. The molecule has 1 spiro atoms. The third-order valence-electron chi connectivity index (χ3n) is 14.3. The van der Waals surface area contributed by atoms with Gasteiger partial charge in [-0.2, -0.15) is 5.10 Å². The molecule has 0 saturated carbocycles. The van der Waals surface area contributed by atoms with E-state index in [0.29, 0.717) is 53.3 Å². The number of methoxy groups -OCH3 is 1. The Hall–Kier alpha value is -6.47. The summed E-state index contributed by atoms with van der Waals surface area (Å²) in [5.74, 6) is -0.585. The zero-order valence-electron chi connectivity index (χ0n) is 36.0. The van der Waals surface area contributed by atoms with Gasteiger partial charge in [-0.3, -0.25) is 38.8 Å². The third kappa shape index (κ3) is 7.15. The minimum absolute atomic E-state index is 0.00858. The fourth-order valence-corrected chi connectivity index (χ4v) is 12.1. The van der Waals surface area contributed by atoms with Crippen LogP contribution < -0.4 is 29.3 Å². The molecule has 1 unspecified atom stereocenters. The molecule has 4 saturated heterocycles. The van der Waals surface area contributed by atoms with Crippen molar-refractivity contribution >= 4 is 61.8 Å². The van der Waals surface area contributed by atoms with E-state index in [1.54, 1.807) is 30.5 Å². The number of hydrogen-bond acceptors (Lipinski definition) is 14. The van der Waals surface area contributed by atoms with Crippen LogP contribution in [-0.2, 0) is 32.6 Å². The van der Waals surface area contributed by atoms with Crippen LogP contribution in [0.4, 0.5) is 17.2 Å². The zero-order chi connectivity index (χ0) is 44.6. The first-order valence-corrected chi connectivity index (χ1v) is 23.8. The van der Waals surface area contributed by atoms with E-state index in [0.717, 1.165) is 98.9 Å². The Morgan fingerprint density at radius 2 is 1.71 bits per heavy atom. The average molecular weight is 904 g/mol. The fraction of sp³-hybridized carbons (Fsp3) is 0.435. The van der Waals surface area contributed by atoms with Gasteiger partial charge in [0, 0.05) is 68.9 Å². The van der Waals surface area contributed by atoms with Crippen molar-refractivity contribution in [1.82, 2.24) is 30.1 Å². The number of piperidine rings is 3. The Kier molecular flexibility index (Phi) is 10.1. The summed E-state index contributed by atoms with van der Waals surface area (Å²) >= 11 is 0. The molecule has 5 aromatic rings. The van der Waals surface area contributed by atoms with Crippen LogP contribution in [0.3, 0.4) is 0 Å². The van der Waals surface area contributed by atoms with E-state index in [4.69, 9.17) is 14.0 Å². The van der Waals surface area contributed by atoms with Gasteiger partial charge < -0.3 is 28.7 Å². The number of amides is 4. The molecular formula is C46H49N9O9S. The van der Waals surface area contributed by atoms with Gasteiger partial charge in [0.15, 0.2) is 17.2 Å². The van der Waals surface area contributed by atoms with Crippen LogP contribution in [0.15, 0.2) is 70.3 Å². The molecule has 11 rings (SSSR count). The van der Waals surface area contributed by atoms with Crippen molar-refractivity contribution in [3.05, 3.63) is 83.2 Å². The van der Waals surface area contributed by atoms with E-state index in [2.05, 4.69) is 35.0 Å². The number of hydrogen-bond donors (Lipinski definition) is 2. The Labute approximate surface area is 374 Å². The number of nitrogens with zero attached hydrogens (tertiary/aromatic N) is 7. The van der Waals surface area contributed by atoms with Crippen LogP contribution in [0.25, 0.3) is 11.0 Å². The van der Waals surface area contributed by atoms with Crippen molar-refractivity contribution in [1.29, 1.82) is 0 Å². The molecule has 1 atom stereocenters. The van der Waals surface area contributed by atoms with Crippen molar-refractivity contribution in [3.8, 4) is 11.5 Å². The summed E-state index contributed by atoms with van der Waals surface area (Å²) in [6.07, 6.45) is 8.45. The summed E-state index contributed by atoms with van der Waals surface area (Å²) in [6, 6.07) is 13.2. The van der Waals surface area contributed by atoms with Crippen LogP contribution in [0.5, 0.6) is 11.5 Å². The van der Waals surface area contributed by atoms with Crippen molar-refractivity contribution in [3.63, 3.8) is 0 Å². The molecule has 3 aromatic carbocycles. The largest absolute Gasteiger partial charge is 0.493 e. The number of ether oxygens (including phenoxy) is 2.